The Labute approximate surface area is 166 Å². The number of rotatable bonds is 5. The summed E-state index contributed by atoms with van der Waals surface area (Å²) in [6.07, 6.45) is 3.93. The van der Waals surface area contributed by atoms with Gasteiger partial charge in [-0.15, -0.1) is 10.2 Å². The van der Waals surface area contributed by atoms with Crippen molar-refractivity contribution >= 4 is 5.95 Å². The second-order valence-corrected chi connectivity index (χ2v) is 7.79. The van der Waals surface area contributed by atoms with E-state index in [-0.39, 0.29) is 18.3 Å². The smallest absolute Gasteiger partial charge is 0.227 e. The van der Waals surface area contributed by atoms with Crippen LogP contribution in [0.2, 0.25) is 0 Å². The number of hydrogen-bond donors (Lipinski definition) is 0. The topological polar surface area (TPSA) is 61.6 Å². The first-order valence-corrected chi connectivity index (χ1v) is 10.2. The zero-order chi connectivity index (χ0) is 19.5. The fourth-order valence-corrected chi connectivity index (χ4v) is 4.22. The van der Waals surface area contributed by atoms with Crippen LogP contribution in [0.4, 0.5) is 5.95 Å². The van der Waals surface area contributed by atoms with Crippen LogP contribution in [-0.2, 0) is 16.0 Å². The van der Waals surface area contributed by atoms with Crippen LogP contribution in [0, 0.1) is 0 Å². The van der Waals surface area contributed by atoms with E-state index in [0.717, 1.165) is 62.2 Å². The molecule has 7 nitrogen and oxygen atoms in total. The standard InChI is InChI=1S/C21H30N4O3/c1-15-12-24(13-16(2)28-15)21-23-22-20(18-9-4-5-10-19(18)26-3)25(21)14-17-8-6-7-11-27-17/h4-5,9-10,15-17H,6-8,11-14H2,1-3H3/t15-,16+,17?. The largest absolute Gasteiger partial charge is 0.496 e. The average molecular weight is 386 g/mol. The first-order chi connectivity index (χ1) is 13.7. The Morgan fingerprint density at radius 2 is 1.89 bits per heavy atom. The minimum atomic E-state index is 0.162. The molecule has 3 heterocycles. The van der Waals surface area contributed by atoms with Crippen molar-refractivity contribution in [1.82, 2.24) is 14.8 Å². The molecule has 0 radical (unpaired) electrons. The van der Waals surface area contributed by atoms with Crippen LogP contribution < -0.4 is 9.64 Å². The molecule has 7 heteroatoms. The summed E-state index contributed by atoms with van der Waals surface area (Å²) in [5.74, 6) is 2.52. The van der Waals surface area contributed by atoms with Gasteiger partial charge in [0.2, 0.25) is 5.95 Å². The van der Waals surface area contributed by atoms with E-state index in [0.29, 0.717) is 0 Å². The molecule has 3 atom stereocenters. The van der Waals surface area contributed by atoms with Gasteiger partial charge in [0.15, 0.2) is 5.82 Å². The molecule has 0 amide bonds. The van der Waals surface area contributed by atoms with Crippen molar-refractivity contribution in [1.29, 1.82) is 0 Å². The number of aromatic nitrogens is 3. The molecule has 0 spiro atoms. The van der Waals surface area contributed by atoms with Crippen LogP contribution in [0.15, 0.2) is 24.3 Å². The van der Waals surface area contributed by atoms with Crippen molar-refractivity contribution in [2.45, 2.75) is 58.0 Å². The maximum absolute atomic E-state index is 6.03. The van der Waals surface area contributed by atoms with Gasteiger partial charge in [0.1, 0.15) is 5.75 Å². The lowest BCUT2D eigenvalue weighted by atomic mass is 10.1. The van der Waals surface area contributed by atoms with Crippen LogP contribution in [0.25, 0.3) is 11.4 Å². The Bertz CT molecular complexity index is 778. The summed E-state index contributed by atoms with van der Waals surface area (Å²) >= 11 is 0. The Morgan fingerprint density at radius 1 is 1.11 bits per heavy atom. The Balaban J connectivity index is 1.72. The number of morpholine rings is 1. The number of nitrogens with zero attached hydrogens (tertiary/aromatic N) is 4. The number of hydrogen-bond acceptors (Lipinski definition) is 6. The summed E-state index contributed by atoms with van der Waals surface area (Å²) in [5.41, 5.74) is 0.953. The van der Waals surface area contributed by atoms with E-state index in [1.807, 2.05) is 24.3 Å². The molecule has 0 saturated carbocycles. The van der Waals surface area contributed by atoms with E-state index in [9.17, 15) is 0 Å². The molecule has 2 saturated heterocycles. The highest BCUT2D eigenvalue weighted by molar-refractivity contribution is 5.65. The number of methoxy groups -OCH3 is 1. The highest BCUT2D eigenvalue weighted by Crippen LogP contribution is 2.32. The fourth-order valence-electron chi connectivity index (χ4n) is 4.22. The normalized spacial score (nSPS) is 25.7. The molecule has 2 aliphatic rings. The Morgan fingerprint density at radius 3 is 2.61 bits per heavy atom. The van der Waals surface area contributed by atoms with Crippen LogP contribution in [0.3, 0.4) is 0 Å². The summed E-state index contributed by atoms with van der Waals surface area (Å²) in [7, 11) is 1.69. The predicted molar refractivity (Wildman–Crippen MR) is 108 cm³/mol. The first kappa shape index (κ1) is 19.2. The summed E-state index contributed by atoms with van der Waals surface area (Å²) in [6, 6.07) is 7.98. The van der Waals surface area contributed by atoms with Crippen molar-refractivity contribution in [3.8, 4) is 17.1 Å². The van der Waals surface area contributed by atoms with Crippen molar-refractivity contribution < 1.29 is 14.2 Å². The highest BCUT2D eigenvalue weighted by atomic mass is 16.5. The molecule has 0 aliphatic carbocycles. The molecule has 1 aromatic carbocycles. The van der Waals surface area contributed by atoms with Crippen molar-refractivity contribution in [2.75, 3.05) is 31.7 Å². The highest BCUT2D eigenvalue weighted by Gasteiger charge is 2.29. The lowest BCUT2D eigenvalue weighted by Gasteiger charge is -2.36. The maximum Gasteiger partial charge on any atom is 0.227 e. The van der Waals surface area contributed by atoms with E-state index in [1.165, 1.54) is 6.42 Å². The fraction of sp³-hybridized carbons (Fsp3) is 0.619. The minimum Gasteiger partial charge on any atom is -0.496 e. The molecule has 1 aromatic heterocycles. The summed E-state index contributed by atoms with van der Waals surface area (Å²) in [4.78, 5) is 2.29. The van der Waals surface area contributed by atoms with E-state index in [2.05, 4.69) is 33.5 Å². The number of anilines is 1. The third-order valence-corrected chi connectivity index (χ3v) is 5.44. The molecular weight excluding hydrogens is 356 g/mol. The Hall–Kier alpha value is -2.12. The van der Waals surface area contributed by atoms with Gasteiger partial charge < -0.3 is 19.1 Å². The van der Waals surface area contributed by atoms with Gasteiger partial charge in [-0.1, -0.05) is 12.1 Å². The van der Waals surface area contributed by atoms with Crippen molar-refractivity contribution in [2.24, 2.45) is 0 Å². The second kappa shape index (κ2) is 8.49. The molecule has 2 aliphatic heterocycles. The van der Waals surface area contributed by atoms with Gasteiger partial charge in [0, 0.05) is 19.7 Å². The molecule has 2 aromatic rings. The SMILES string of the molecule is COc1ccccc1-c1nnc(N2C[C@@H](C)O[C@@H](C)C2)n1CC1CCCCO1. The zero-order valence-electron chi connectivity index (χ0n) is 17.0. The minimum absolute atomic E-state index is 0.162. The molecule has 4 rings (SSSR count). The van der Waals surface area contributed by atoms with Gasteiger partial charge in [0.05, 0.1) is 37.5 Å². The van der Waals surface area contributed by atoms with Crippen molar-refractivity contribution in [3.05, 3.63) is 24.3 Å². The van der Waals surface area contributed by atoms with Gasteiger partial charge in [0.25, 0.3) is 0 Å². The van der Waals surface area contributed by atoms with Crippen LogP contribution >= 0.6 is 0 Å². The van der Waals surface area contributed by atoms with E-state index >= 15 is 0 Å². The number of ether oxygens (including phenoxy) is 3. The van der Waals surface area contributed by atoms with Crippen LogP contribution in [-0.4, -0.2) is 59.9 Å². The van der Waals surface area contributed by atoms with Gasteiger partial charge in [-0.3, -0.25) is 4.57 Å². The lowest BCUT2D eigenvalue weighted by molar-refractivity contribution is -0.00699. The van der Waals surface area contributed by atoms with Crippen LogP contribution in [0.5, 0.6) is 5.75 Å². The van der Waals surface area contributed by atoms with Gasteiger partial charge in [-0.2, -0.15) is 0 Å². The summed E-state index contributed by atoms with van der Waals surface area (Å²) in [6.45, 7) is 7.40. The average Bonchev–Trinajstić information content (AvgIpc) is 3.11. The molecular formula is C21H30N4O3. The zero-order valence-corrected chi connectivity index (χ0v) is 17.0. The molecule has 2 fully saturated rings. The Kier molecular flexibility index (Phi) is 5.82. The van der Waals surface area contributed by atoms with E-state index < -0.39 is 0 Å². The number of para-hydroxylation sites is 1. The molecule has 152 valence electrons. The number of benzene rings is 1. The van der Waals surface area contributed by atoms with Crippen LogP contribution in [0.1, 0.15) is 33.1 Å². The molecule has 1 unspecified atom stereocenters. The lowest BCUT2D eigenvalue weighted by Crippen LogP contribution is -2.46. The van der Waals surface area contributed by atoms with Gasteiger partial charge in [-0.25, -0.2) is 0 Å². The summed E-state index contributed by atoms with van der Waals surface area (Å²) in [5, 5.41) is 9.18. The maximum atomic E-state index is 6.03. The summed E-state index contributed by atoms with van der Waals surface area (Å²) < 4.78 is 19.7. The predicted octanol–water partition coefficient (Wildman–Crippen LogP) is 3.14. The van der Waals surface area contributed by atoms with Crippen molar-refractivity contribution in [3.63, 3.8) is 0 Å². The van der Waals surface area contributed by atoms with Gasteiger partial charge in [-0.05, 0) is 45.2 Å². The van der Waals surface area contributed by atoms with E-state index in [1.54, 1.807) is 7.11 Å². The first-order valence-electron chi connectivity index (χ1n) is 10.2. The van der Waals surface area contributed by atoms with Gasteiger partial charge >= 0.3 is 0 Å². The quantitative estimate of drug-likeness (QED) is 0.787. The molecule has 0 N–H and O–H groups in total. The third-order valence-electron chi connectivity index (χ3n) is 5.44. The monoisotopic (exact) mass is 386 g/mol. The molecule has 0 bridgehead atoms. The molecule has 28 heavy (non-hydrogen) atoms. The third kappa shape index (κ3) is 4.00. The van der Waals surface area contributed by atoms with E-state index in [4.69, 9.17) is 14.2 Å². The second-order valence-electron chi connectivity index (χ2n) is 7.79.